The molecule has 2 aromatic carbocycles. The van der Waals surface area contributed by atoms with E-state index in [1.807, 2.05) is 37.3 Å². The van der Waals surface area contributed by atoms with Crippen molar-refractivity contribution in [2.24, 2.45) is 0 Å². The predicted octanol–water partition coefficient (Wildman–Crippen LogP) is 4.77. The maximum absolute atomic E-state index is 5.25. The van der Waals surface area contributed by atoms with E-state index < -0.39 is 0 Å². The van der Waals surface area contributed by atoms with Gasteiger partial charge in [0.1, 0.15) is 16.1 Å². The Morgan fingerprint density at radius 3 is 1.70 bits per heavy atom. The molecule has 5 nitrogen and oxygen atoms in total. The van der Waals surface area contributed by atoms with E-state index in [0.717, 1.165) is 32.9 Å². The number of rotatable bonds is 7. The van der Waals surface area contributed by atoms with Crippen LogP contribution in [-0.2, 0) is 13.1 Å². The maximum atomic E-state index is 5.25. The SMILES string of the molecule is COc1ccc(CN(Cc2ccc(OC)cc2)c2nc(C)cc(Br)n2)cc1. The van der Waals surface area contributed by atoms with Crippen molar-refractivity contribution in [2.45, 2.75) is 20.0 Å². The lowest BCUT2D eigenvalue weighted by molar-refractivity contribution is 0.414. The fourth-order valence-electron chi connectivity index (χ4n) is 2.76. The average molecular weight is 428 g/mol. The van der Waals surface area contributed by atoms with E-state index >= 15 is 0 Å². The minimum atomic E-state index is 0.686. The summed E-state index contributed by atoms with van der Waals surface area (Å²) in [4.78, 5) is 11.4. The molecule has 27 heavy (non-hydrogen) atoms. The van der Waals surface area contributed by atoms with Crippen molar-refractivity contribution < 1.29 is 9.47 Å². The number of halogens is 1. The summed E-state index contributed by atoms with van der Waals surface area (Å²) in [6.45, 7) is 3.34. The van der Waals surface area contributed by atoms with Gasteiger partial charge in [0.15, 0.2) is 0 Å². The van der Waals surface area contributed by atoms with E-state index in [1.54, 1.807) is 14.2 Å². The van der Waals surface area contributed by atoms with Gasteiger partial charge in [-0.25, -0.2) is 9.97 Å². The Bertz CT molecular complexity index is 813. The molecule has 0 atom stereocenters. The van der Waals surface area contributed by atoms with Crippen LogP contribution in [0.1, 0.15) is 16.8 Å². The standard InChI is InChI=1S/C21H22BrN3O2/c1-15-12-20(22)24-21(23-15)25(13-16-4-8-18(26-2)9-5-16)14-17-6-10-19(27-3)11-7-17/h4-12H,13-14H2,1-3H3. The second-order valence-corrected chi connectivity index (χ2v) is 7.00. The van der Waals surface area contributed by atoms with E-state index in [9.17, 15) is 0 Å². The Morgan fingerprint density at radius 1 is 0.815 bits per heavy atom. The molecule has 6 heteroatoms. The molecule has 0 spiro atoms. The van der Waals surface area contributed by atoms with Crippen molar-refractivity contribution in [2.75, 3.05) is 19.1 Å². The molecular formula is C21H22BrN3O2. The molecule has 0 aliphatic carbocycles. The van der Waals surface area contributed by atoms with Crippen LogP contribution in [0.2, 0.25) is 0 Å². The van der Waals surface area contributed by atoms with Crippen molar-refractivity contribution in [1.29, 1.82) is 0 Å². The maximum Gasteiger partial charge on any atom is 0.227 e. The lowest BCUT2D eigenvalue weighted by Crippen LogP contribution is -2.24. The molecule has 0 unspecified atom stereocenters. The Morgan fingerprint density at radius 2 is 1.30 bits per heavy atom. The molecule has 140 valence electrons. The first-order valence-corrected chi connectivity index (χ1v) is 9.38. The number of aromatic nitrogens is 2. The molecule has 0 bridgehead atoms. The third-order valence-electron chi connectivity index (χ3n) is 4.16. The van der Waals surface area contributed by atoms with Crippen LogP contribution in [0.5, 0.6) is 11.5 Å². The quantitative estimate of drug-likeness (QED) is 0.508. The van der Waals surface area contributed by atoms with Crippen LogP contribution in [0.15, 0.2) is 59.2 Å². The van der Waals surface area contributed by atoms with Crippen molar-refractivity contribution in [3.63, 3.8) is 0 Å². The first-order chi connectivity index (χ1) is 13.1. The molecule has 0 aliphatic heterocycles. The van der Waals surface area contributed by atoms with E-state index in [-0.39, 0.29) is 0 Å². The van der Waals surface area contributed by atoms with E-state index in [0.29, 0.717) is 19.0 Å². The second kappa shape index (κ2) is 8.86. The third kappa shape index (κ3) is 5.20. The second-order valence-electron chi connectivity index (χ2n) is 6.18. The summed E-state index contributed by atoms with van der Waals surface area (Å²) in [7, 11) is 3.34. The summed E-state index contributed by atoms with van der Waals surface area (Å²) >= 11 is 3.48. The zero-order valence-electron chi connectivity index (χ0n) is 15.6. The van der Waals surface area contributed by atoms with Crippen molar-refractivity contribution >= 4 is 21.9 Å². The molecular weight excluding hydrogens is 406 g/mol. The molecule has 1 heterocycles. The molecule has 3 aromatic rings. The topological polar surface area (TPSA) is 47.5 Å². The Balaban J connectivity index is 1.88. The largest absolute Gasteiger partial charge is 0.497 e. The summed E-state index contributed by atoms with van der Waals surface area (Å²) in [6.07, 6.45) is 0. The minimum absolute atomic E-state index is 0.686. The summed E-state index contributed by atoms with van der Waals surface area (Å²) in [5, 5.41) is 0. The average Bonchev–Trinajstić information content (AvgIpc) is 2.68. The lowest BCUT2D eigenvalue weighted by atomic mass is 10.1. The van der Waals surface area contributed by atoms with Crippen molar-refractivity contribution in [3.05, 3.63) is 76.0 Å². The fourth-order valence-corrected chi connectivity index (χ4v) is 3.25. The highest BCUT2D eigenvalue weighted by atomic mass is 79.9. The number of ether oxygens (including phenoxy) is 2. The number of anilines is 1. The monoisotopic (exact) mass is 427 g/mol. The van der Waals surface area contributed by atoms with Crippen molar-refractivity contribution in [3.8, 4) is 11.5 Å². The third-order valence-corrected chi connectivity index (χ3v) is 4.57. The number of benzene rings is 2. The smallest absolute Gasteiger partial charge is 0.227 e. The molecule has 0 aliphatic rings. The molecule has 0 saturated carbocycles. The van der Waals surface area contributed by atoms with Gasteiger partial charge in [0.05, 0.1) is 14.2 Å². The number of hydrogen-bond acceptors (Lipinski definition) is 5. The summed E-state index contributed by atoms with van der Waals surface area (Å²) in [6, 6.07) is 18.0. The van der Waals surface area contributed by atoms with Crippen LogP contribution < -0.4 is 14.4 Å². The minimum Gasteiger partial charge on any atom is -0.497 e. The Kier molecular flexibility index (Phi) is 6.29. The molecule has 0 N–H and O–H groups in total. The van der Waals surface area contributed by atoms with E-state index in [2.05, 4.69) is 55.1 Å². The summed E-state index contributed by atoms with van der Waals surface area (Å²) in [5.74, 6) is 2.37. The molecule has 0 radical (unpaired) electrons. The highest BCUT2D eigenvalue weighted by molar-refractivity contribution is 9.10. The number of aryl methyl sites for hydroxylation is 1. The van der Waals surface area contributed by atoms with Gasteiger partial charge in [-0.05, 0) is 64.3 Å². The van der Waals surface area contributed by atoms with Crippen LogP contribution in [-0.4, -0.2) is 24.2 Å². The van der Waals surface area contributed by atoms with Crippen LogP contribution in [0.3, 0.4) is 0 Å². The van der Waals surface area contributed by atoms with Crippen LogP contribution in [0.4, 0.5) is 5.95 Å². The van der Waals surface area contributed by atoms with Gasteiger partial charge in [0.2, 0.25) is 5.95 Å². The van der Waals surface area contributed by atoms with Crippen LogP contribution in [0, 0.1) is 6.92 Å². The highest BCUT2D eigenvalue weighted by Gasteiger charge is 2.13. The van der Waals surface area contributed by atoms with Crippen LogP contribution >= 0.6 is 15.9 Å². The zero-order chi connectivity index (χ0) is 19.2. The van der Waals surface area contributed by atoms with Crippen molar-refractivity contribution in [1.82, 2.24) is 9.97 Å². The molecule has 3 rings (SSSR count). The number of methoxy groups -OCH3 is 2. The Labute approximate surface area is 168 Å². The number of nitrogens with zero attached hydrogens (tertiary/aromatic N) is 3. The highest BCUT2D eigenvalue weighted by Crippen LogP contribution is 2.22. The van der Waals surface area contributed by atoms with Gasteiger partial charge in [0.25, 0.3) is 0 Å². The van der Waals surface area contributed by atoms with Crippen LogP contribution in [0.25, 0.3) is 0 Å². The van der Waals surface area contributed by atoms with Gasteiger partial charge in [-0.1, -0.05) is 24.3 Å². The summed E-state index contributed by atoms with van der Waals surface area (Å²) in [5.41, 5.74) is 3.23. The molecule has 0 amide bonds. The van der Waals surface area contributed by atoms with E-state index in [1.165, 1.54) is 0 Å². The summed E-state index contributed by atoms with van der Waals surface area (Å²) < 4.78 is 11.3. The molecule has 1 aromatic heterocycles. The van der Waals surface area contributed by atoms with Gasteiger partial charge in [0, 0.05) is 18.8 Å². The van der Waals surface area contributed by atoms with Gasteiger partial charge in [-0.2, -0.15) is 0 Å². The van der Waals surface area contributed by atoms with Gasteiger partial charge >= 0.3 is 0 Å². The zero-order valence-corrected chi connectivity index (χ0v) is 17.2. The number of hydrogen-bond donors (Lipinski definition) is 0. The lowest BCUT2D eigenvalue weighted by Gasteiger charge is -2.23. The predicted molar refractivity (Wildman–Crippen MR) is 110 cm³/mol. The van der Waals surface area contributed by atoms with Gasteiger partial charge < -0.3 is 14.4 Å². The molecule has 0 saturated heterocycles. The Hall–Kier alpha value is -2.60. The normalized spacial score (nSPS) is 10.5. The first-order valence-electron chi connectivity index (χ1n) is 8.59. The fraction of sp³-hybridized carbons (Fsp3) is 0.238. The van der Waals surface area contributed by atoms with Gasteiger partial charge in [-0.15, -0.1) is 0 Å². The van der Waals surface area contributed by atoms with Gasteiger partial charge in [-0.3, -0.25) is 0 Å². The molecule has 0 fully saturated rings. The first kappa shape index (κ1) is 19.2. The van der Waals surface area contributed by atoms with E-state index in [4.69, 9.17) is 9.47 Å².